The zero-order chi connectivity index (χ0) is 21.5. The Balaban J connectivity index is 1.58. The second-order valence-corrected chi connectivity index (χ2v) is 8.89. The molecule has 0 saturated heterocycles. The van der Waals surface area contributed by atoms with Gasteiger partial charge in [-0.1, -0.05) is 62.4 Å². The Morgan fingerprint density at radius 2 is 1.63 bits per heavy atom. The van der Waals surface area contributed by atoms with Crippen molar-refractivity contribution in [3.8, 4) is 11.1 Å². The lowest BCUT2D eigenvalue weighted by atomic mass is 9.82. The molecule has 0 aliphatic heterocycles. The van der Waals surface area contributed by atoms with E-state index in [4.69, 9.17) is 4.74 Å². The summed E-state index contributed by atoms with van der Waals surface area (Å²) in [6.07, 6.45) is 1.72. The van der Waals surface area contributed by atoms with Gasteiger partial charge in [-0.05, 0) is 48.4 Å². The summed E-state index contributed by atoms with van der Waals surface area (Å²) >= 11 is 0. The number of carboxylic acids is 1. The largest absolute Gasteiger partial charge is 0.479 e. The number of benzene rings is 2. The number of hydrogen-bond donors (Lipinski definition) is 1. The first-order valence-corrected chi connectivity index (χ1v) is 10.7. The van der Waals surface area contributed by atoms with Gasteiger partial charge in [0.25, 0.3) is 0 Å². The Morgan fingerprint density at radius 1 is 1.10 bits per heavy atom. The lowest BCUT2D eigenvalue weighted by Crippen LogP contribution is -2.60. The number of carbonyl (C=O) groups excluding carboxylic acids is 1. The Kier molecular flexibility index (Phi) is 5.08. The molecule has 2 aromatic carbocycles. The van der Waals surface area contributed by atoms with Crippen LogP contribution in [0.4, 0.5) is 4.79 Å². The number of fused-ring (bicyclic) bond motifs is 3. The molecule has 0 heterocycles. The molecule has 0 spiro atoms. The van der Waals surface area contributed by atoms with Crippen LogP contribution in [0, 0.1) is 5.41 Å². The summed E-state index contributed by atoms with van der Waals surface area (Å²) in [4.78, 5) is 26.9. The van der Waals surface area contributed by atoms with Gasteiger partial charge in [-0.25, -0.2) is 9.59 Å². The van der Waals surface area contributed by atoms with Crippen LogP contribution in [-0.2, 0) is 9.53 Å². The van der Waals surface area contributed by atoms with Gasteiger partial charge in [0.1, 0.15) is 12.1 Å². The first kappa shape index (κ1) is 20.5. The fraction of sp³-hybridized carbons (Fsp3) is 0.440. The van der Waals surface area contributed by atoms with Crippen molar-refractivity contribution < 1.29 is 19.4 Å². The normalized spacial score (nSPS) is 18.1. The minimum Gasteiger partial charge on any atom is -0.479 e. The summed E-state index contributed by atoms with van der Waals surface area (Å²) < 4.78 is 5.80. The van der Waals surface area contributed by atoms with Crippen LogP contribution in [0.25, 0.3) is 11.1 Å². The standard InChI is InChI=1S/C25H29NO4/c1-4-15-26(25(3,22(27)28)24(2)13-14-24)23(29)30-16-21-19-11-7-5-9-17(19)18-10-6-8-12-20(18)21/h5-12,21H,4,13-16H2,1-3H3,(H,27,28). The van der Waals surface area contributed by atoms with Crippen molar-refractivity contribution in [3.63, 3.8) is 0 Å². The highest BCUT2D eigenvalue weighted by molar-refractivity contribution is 5.86. The molecule has 0 bridgehead atoms. The Morgan fingerprint density at radius 3 is 2.10 bits per heavy atom. The summed E-state index contributed by atoms with van der Waals surface area (Å²) in [5.74, 6) is -1.01. The number of rotatable bonds is 7. The molecule has 1 amide bonds. The van der Waals surface area contributed by atoms with Crippen LogP contribution in [0.1, 0.15) is 57.1 Å². The van der Waals surface area contributed by atoms with Crippen LogP contribution in [0.5, 0.6) is 0 Å². The maximum atomic E-state index is 13.2. The molecule has 158 valence electrons. The molecule has 0 aromatic heterocycles. The van der Waals surface area contributed by atoms with Crippen molar-refractivity contribution in [2.24, 2.45) is 5.41 Å². The van der Waals surface area contributed by atoms with Crippen LogP contribution in [0.2, 0.25) is 0 Å². The molecule has 2 aliphatic carbocycles. The lowest BCUT2D eigenvalue weighted by Gasteiger charge is -2.41. The highest BCUT2D eigenvalue weighted by Gasteiger charge is 2.62. The molecule has 2 aliphatic rings. The third-order valence-corrected chi connectivity index (χ3v) is 7.14. The fourth-order valence-electron chi connectivity index (χ4n) is 4.77. The average molecular weight is 408 g/mol. The quantitative estimate of drug-likeness (QED) is 0.677. The van der Waals surface area contributed by atoms with Crippen molar-refractivity contribution in [2.45, 2.75) is 51.5 Å². The van der Waals surface area contributed by atoms with E-state index in [0.717, 1.165) is 24.0 Å². The van der Waals surface area contributed by atoms with Gasteiger partial charge in [-0.3, -0.25) is 4.90 Å². The van der Waals surface area contributed by atoms with Gasteiger partial charge in [-0.2, -0.15) is 0 Å². The van der Waals surface area contributed by atoms with E-state index in [1.807, 2.05) is 38.1 Å². The van der Waals surface area contributed by atoms with Gasteiger partial charge in [0.15, 0.2) is 0 Å². The summed E-state index contributed by atoms with van der Waals surface area (Å²) in [6, 6.07) is 16.4. The molecule has 1 atom stereocenters. The molecular formula is C25H29NO4. The van der Waals surface area contributed by atoms with E-state index in [1.165, 1.54) is 16.0 Å². The van der Waals surface area contributed by atoms with Crippen LogP contribution in [0.3, 0.4) is 0 Å². The number of ether oxygens (including phenoxy) is 1. The maximum absolute atomic E-state index is 13.2. The Labute approximate surface area is 177 Å². The first-order valence-electron chi connectivity index (χ1n) is 10.7. The summed E-state index contributed by atoms with van der Waals surface area (Å²) in [6.45, 7) is 6.11. The second kappa shape index (κ2) is 7.46. The van der Waals surface area contributed by atoms with E-state index in [0.29, 0.717) is 13.0 Å². The minimum atomic E-state index is -1.27. The SMILES string of the molecule is CCCN(C(=O)OCC1c2ccccc2-c2ccccc21)C(C)(C(=O)O)C1(C)CC1. The molecule has 2 aromatic rings. The number of hydrogen-bond acceptors (Lipinski definition) is 3. The van der Waals surface area contributed by atoms with E-state index in [2.05, 4.69) is 24.3 Å². The van der Waals surface area contributed by atoms with Crippen LogP contribution in [-0.4, -0.2) is 40.8 Å². The Hall–Kier alpha value is -2.82. The number of aliphatic carboxylic acids is 1. The average Bonchev–Trinajstić information content (AvgIpc) is 3.42. The molecule has 1 fully saturated rings. The summed E-state index contributed by atoms with van der Waals surface area (Å²) in [5, 5.41) is 10.0. The van der Waals surface area contributed by atoms with E-state index in [9.17, 15) is 14.7 Å². The van der Waals surface area contributed by atoms with Crippen molar-refractivity contribution in [1.82, 2.24) is 4.90 Å². The molecule has 5 heteroatoms. The molecule has 1 N–H and O–H groups in total. The molecule has 5 nitrogen and oxygen atoms in total. The fourth-order valence-corrected chi connectivity index (χ4v) is 4.77. The molecule has 30 heavy (non-hydrogen) atoms. The van der Waals surface area contributed by atoms with E-state index in [-0.39, 0.29) is 12.5 Å². The zero-order valence-electron chi connectivity index (χ0n) is 17.9. The summed E-state index contributed by atoms with van der Waals surface area (Å²) in [7, 11) is 0. The smallest absolute Gasteiger partial charge is 0.410 e. The number of nitrogens with zero attached hydrogens (tertiary/aromatic N) is 1. The molecular weight excluding hydrogens is 378 g/mol. The number of carboxylic acid groups (broad SMARTS) is 1. The predicted octanol–water partition coefficient (Wildman–Crippen LogP) is 5.29. The van der Waals surface area contributed by atoms with Crippen molar-refractivity contribution >= 4 is 12.1 Å². The van der Waals surface area contributed by atoms with Crippen LogP contribution < -0.4 is 0 Å². The van der Waals surface area contributed by atoms with Gasteiger partial charge < -0.3 is 9.84 Å². The van der Waals surface area contributed by atoms with E-state index < -0.39 is 23.0 Å². The molecule has 0 radical (unpaired) electrons. The second-order valence-electron chi connectivity index (χ2n) is 8.89. The van der Waals surface area contributed by atoms with Crippen LogP contribution in [0.15, 0.2) is 48.5 Å². The molecule has 1 unspecified atom stereocenters. The summed E-state index contributed by atoms with van der Waals surface area (Å²) in [5.41, 5.74) is 2.93. The van der Waals surface area contributed by atoms with Gasteiger partial charge in [0.05, 0.1) is 0 Å². The first-order chi connectivity index (χ1) is 14.3. The molecule has 1 saturated carbocycles. The van der Waals surface area contributed by atoms with Crippen LogP contribution >= 0.6 is 0 Å². The van der Waals surface area contributed by atoms with E-state index in [1.54, 1.807) is 6.92 Å². The number of carbonyl (C=O) groups is 2. The maximum Gasteiger partial charge on any atom is 0.410 e. The third-order valence-electron chi connectivity index (χ3n) is 7.14. The van der Waals surface area contributed by atoms with Gasteiger partial charge in [0.2, 0.25) is 0 Å². The van der Waals surface area contributed by atoms with Gasteiger partial charge in [-0.15, -0.1) is 0 Å². The highest BCUT2D eigenvalue weighted by atomic mass is 16.6. The molecule has 4 rings (SSSR count). The van der Waals surface area contributed by atoms with Crippen molar-refractivity contribution in [1.29, 1.82) is 0 Å². The van der Waals surface area contributed by atoms with Crippen molar-refractivity contribution in [3.05, 3.63) is 59.7 Å². The highest BCUT2D eigenvalue weighted by Crippen LogP contribution is 2.56. The number of amides is 1. The zero-order valence-corrected chi connectivity index (χ0v) is 17.9. The van der Waals surface area contributed by atoms with E-state index >= 15 is 0 Å². The topological polar surface area (TPSA) is 66.8 Å². The minimum absolute atomic E-state index is 0.0441. The Bertz CT molecular complexity index is 935. The monoisotopic (exact) mass is 407 g/mol. The van der Waals surface area contributed by atoms with Gasteiger partial charge >= 0.3 is 12.1 Å². The van der Waals surface area contributed by atoms with Crippen molar-refractivity contribution in [2.75, 3.05) is 13.2 Å². The van der Waals surface area contributed by atoms with Gasteiger partial charge in [0, 0.05) is 17.9 Å². The third kappa shape index (κ3) is 3.08. The predicted molar refractivity (Wildman–Crippen MR) is 115 cm³/mol. The lowest BCUT2D eigenvalue weighted by molar-refractivity contribution is -0.154.